The molecule has 6 heteroatoms. The molecule has 0 unspecified atom stereocenters. The molecule has 0 heterocycles. The van der Waals surface area contributed by atoms with Gasteiger partial charge in [-0.25, -0.2) is 0 Å². The molecular weight excluding hydrogens is 458 g/mol. The summed E-state index contributed by atoms with van der Waals surface area (Å²) in [5.41, 5.74) is -1.07. The van der Waals surface area contributed by atoms with E-state index in [4.69, 9.17) is 9.47 Å². The van der Waals surface area contributed by atoms with Crippen molar-refractivity contribution in [2.75, 3.05) is 0 Å². The van der Waals surface area contributed by atoms with Crippen LogP contribution in [0.1, 0.15) is 164 Å². The molecule has 0 saturated heterocycles. The molecular formula is C29H58KLiO4. The van der Waals surface area contributed by atoms with Crippen molar-refractivity contribution in [1.82, 2.24) is 0 Å². The summed E-state index contributed by atoms with van der Waals surface area (Å²) in [7, 11) is 0. The van der Waals surface area contributed by atoms with Crippen LogP contribution < -0.4 is 0 Å². The molecule has 0 atom stereocenters. The Labute approximate surface area is 273 Å². The molecule has 0 aromatic heterocycles. The van der Waals surface area contributed by atoms with E-state index in [1.54, 1.807) is 0 Å². The molecule has 0 aliphatic heterocycles. The van der Waals surface area contributed by atoms with Gasteiger partial charge in [0.1, 0.15) is 17.6 Å². The van der Waals surface area contributed by atoms with Crippen molar-refractivity contribution in [1.29, 1.82) is 0 Å². The Morgan fingerprint density at radius 1 is 0.514 bits per heavy atom. The summed E-state index contributed by atoms with van der Waals surface area (Å²) < 4.78 is 11.2. The molecule has 4 nitrogen and oxygen atoms in total. The Morgan fingerprint density at radius 3 is 1.06 bits per heavy atom. The van der Waals surface area contributed by atoms with Crippen molar-refractivity contribution in [3.8, 4) is 0 Å². The van der Waals surface area contributed by atoms with Crippen LogP contribution in [0.15, 0.2) is 0 Å². The van der Waals surface area contributed by atoms with E-state index in [1.807, 2.05) is 27.7 Å². The Kier molecular flexibility index (Phi) is 29.6. The van der Waals surface area contributed by atoms with E-state index in [0.29, 0.717) is 0 Å². The second-order valence-electron chi connectivity index (χ2n) is 11.1. The molecule has 0 aliphatic rings. The molecule has 0 aliphatic carbocycles. The first-order valence-corrected chi connectivity index (χ1v) is 14.1. The van der Waals surface area contributed by atoms with Gasteiger partial charge in [-0.05, 0) is 53.4 Å². The fraction of sp³-hybridized carbons (Fsp3) is 0.931. The summed E-state index contributed by atoms with van der Waals surface area (Å²) in [4.78, 5) is 24.5. The first-order valence-electron chi connectivity index (χ1n) is 14.1. The average molecular weight is 517 g/mol. The molecule has 0 aromatic rings. The third kappa shape index (κ3) is 28.0. The zero-order chi connectivity index (χ0) is 25.0. The predicted octanol–water partition coefficient (Wildman–Crippen LogP) is 7.78. The molecule has 0 saturated carbocycles. The second kappa shape index (κ2) is 25.5. The van der Waals surface area contributed by atoms with Gasteiger partial charge in [0.05, 0.1) is 0 Å². The van der Waals surface area contributed by atoms with Gasteiger partial charge >= 0.3 is 82.2 Å². The predicted molar refractivity (Wildman–Crippen MR) is 154 cm³/mol. The molecule has 0 fully saturated rings. The normalized spacial score (nSPS) is 11.4. The SMILES string of the molecule is CCCCCCCCCCC(C)(C)OC(=O)CC(=O)OC(C)(C)CCCCCCCCCC.[KH].[LiH]. The standard InChI is InChI=1S/C29H56O4.K.Li.2H/c1-7-9-11-13-15-17-19-21-23-28(3,4)32-26(30)25-27(31)33-29(5,6)24-22-20-18-16-14-12-10-8-2;;;;/h7-25H2,1-6H3;;;;. The molecule has 200 valence electrons. The van der Waals surface area contributed by atoms with Gasteiger partial charge in [-0.2, -0.15) is 0 Å². The number of hydrogen-bond acceptors (Lipinski definition) is 4. The minimum atomic E-state index is -0.535. The van der Waals surface area contributed by atoms with Crippen molar-refractivity contribution < 1.29 is 19.1 Å². The van der Waals surface area contributed by atoms with Gasteiger partial charge < -0.3 is 9.47 Å². The van der Waals surface area contributed by atoms with Crippen LogP contribution in [0, 0.1) is 0 Å². The van der Waals surface area contributed by atoms with Gasteiger partial charge in [-0.3, -0.25) is 9.59 Å². The number of carbonyl (C=O) groups is 2. The third-order valence-corrected chi connectivity index (χ3v) is 6.33. The van der Waals surface area contributed by atoms with E-state index in [1.165, 1.54) is 89.9 Å². The molecule has 0 rings (SSSR count). The monoisotopic (exact) mass is 516 g/mol. The second-order valence-corrected chi connectivity index (χ2v) is 11.1. The van der Waals surface area contributed by atoms with E-state index in [2.05, 4.69) is 13.8 Å². The van der Waals surface area contributed by atoms with Crippen molar-refractivity contribution in [2.24, 2.45) is 0 Å². The summed E-state index contributed by atoms with van der Waals surface area (Å²) in [5, 5.41) is 0. The first kappa shape index (κ1) is 40.7. The Hall–Kier alpha value is 1.17. The van der Waals surface area contributed by atoms with E-state index in [9.17, 15) is 9.59 Å². The van der Waals surface area contributed by atoms with Crippen LogP contribution in [-0.2, 0) is 19.1 Å². The molecule has 0 spiro atoms. The molecule has 0 radical (unpaired) electrons. The summed E-state index contributed by atoms with van der Waals surface area (Å²) in [6.45, 7) is 12.2. The number of unbranched alkanes of at least 4 members (excludes halogenated alkanes) is 14. The van der Waals surface area contributed by atoms with E-state index >= 15 is 0 Å². The van der Waals surface area contributed by atoms with Crippen molar-refractivity contribution in [3.05, 3.63) is 0 Å². The Bertz CT molecular complexity index is 465. The zero-order valence-electron chi connectivity index (χ0n) is 23.1. The number of esters is 2. The zero-order valence-corrected chi connectivity index (χ0v) is 23.1. The quantitative estimate of drug-likeness (QED) is 0.0638. The maximum absolute atomic E-state index is 12.3. The molecule has 0 bridgehead atoms. The number of hydrogen-bond donors (Lipinski definition) is 0. The average Bonchev–Trinajstić information content (AvgIpc) is 2.70. The van der Waals surface area contributed by atoms with Gasteiger partial charge in [-0.15, -0.1) is 0 Å². The van der Waals surface area contributed by atoms with Crippen LogP contribution in [0.2, 0.25) is 0 Å². The van der Waals surface area contributed by atoms with Gasteiger partial charge in [0, 0.05) is 0 Å². The van der Waals surface area contributed by atoms with Gasteiger partial charge in [0.15, 0.2) is 0 Å². The fourth-order valence-electron chi connectivity index (χ4n) is 4.28. The van der Waals surface area contributed by atoms with Crippen LogP contribution in [-0.4, -0.2) is 93.4 Å². The van der Waals surface area contributed by atoms with E-state index < -0.39 is 23.1 Å². The van der Waals surface area contributed by atoms with Crippen LogP contribution in [0.3, 0.4) is 0 Å². The number of ether oxygens (including phenoxy) is 2. The van der Waals surface area contributed by atoms with Crippen LogP contribution in [0.25, 0.3) is 0 Å². The topological polar surface area (TPSA) is 52.6 Å². The van der Waals surface area contributed by atoms with E-state index in [-0.39, 0.29) is 76.7 Å². The van der Waals surface area contributed by atoms with Gasteiger partial charge in [0.2, 0.25) is 0 Å². The maximum atomic E-state index is 12.3. The van der Waals surface area contributed by atoms with Gasteiger partial charge in [0.25, 0.3) is 0 Å². The Morgan fingerprint density at radius 2 is 0.771 bits per heavy atom. The molecule has 0 N–H and O–H groups in total. The van der Waals surface area contributed by atoms with Crippen LogP contribution in [0.5, 0.6) is 0 Å². The summed E-state index contributed by atoms with van der Waals surface area (Å²) in [6, 6.07) is 0. The van der Waals surface area contributed by atoms with Gasteiger partial charge in [-0.1, -0.05) is 104 Å². The van der Waals surface area contributed by atoms with E-state index in [0.717, 1.165) is 25.7 Å². The third-order valence-electron chi connectivity index (χ3n) is 6.33. The van der Waals surface area contributed by atoms with Crippen LogP contribution in [0.4, 0.5) is 0 Å². The summed E-state index contributed by atoms with van der Waals surface area (Å²) >= 11 is 0. The molecule has 35 heavy (non-hydrogen) atoms. The number of rotatable bonds is 22. The summed E-state index contributed by atoms with van der Waals surface area (Å²) in [5.74, 6) is -0.958. The first-order chi connectivity index (χ1) is 15.6. The number of carbonyl (C=O) groups excluding carboxylic acids is 2. The molecule has 0 aromatic carbocycles. The van der Waals surface area contributed by atoms with Crippen molar-refractivity contribution in [2.45, 2.75) is 175 Å². The van der Waals surface area contributed by atoms with Crippen LogP contribution >= 0.6 is 0 Å². The van der Waals surface area contributed by atoms with Crippen molar-refractivity contribution >= 4 is 82.2 Å². The molecule has 0 amide bonds. The van der Waals surface area contributed by atoms with Crippen molar-refractivity contribution in [3.63, 3.8) is 0 Å². The minimum absolute atomic E-state index is 0. The summed E-state index contributed by atoms with van der Waals surface area (Å²) in [6.07, 6.45) is 21.4. The fourth-order valence-corrected chi connectivity index (χ4v) is 4.28. The Balaban J connectivity index is -0.00000512.